The number of carbonyl (C=O) groups is 2. The maximum absolute atomic E-state index is 12.1. The molecule has 0 fully saturated rings. The molecule has 1 unspecified atom stereocenters. The predicted molar refractivity (Wildman–Crippen MR) is 72.9 cm³/mol. The molecule has 1 heterocycles. The third kappa shape index (κ3) is 2.04. The third-order valence-electron chi connectivity index (χ3n) is 2.93. The van der Waals surface area contributed by atoms with E-state index in [0.29, 0.717) is 16.0 Å². The fourth-order valence-corrected chi connectivity index (χ4v) is 2.79. The fraction of sp³-hybridized carbons (Fsp3) is 0. The summed E-state index contributed by atoms with van der Waals surface area (Å²) in [5.74, 6) is -0.982. The molecule has 0 aromatic heterocycles. The maximum Gasteiger partial charge on any atom is 0.276 e. The van der Waals surface area contributed by atoms with Gasteiger partial charge in [0.1, 0.15) is 11.0 Å². The van der Waals surface area contributed by atoms with Crippen LogP contribution in [0.15, 0.2) is 59.5 Å². The van der Waals surface area contributed by atoms with Crippen LogP contribution in [0.4, 0.5) is 0 Å². The molecule has 2 aromatic rings. The molecule has 2 amide bonds. The van der Waals surface area contributed by atoms with Crippen LogP contribution in [-0.2, 0) is 11.0 Å². The average Bonchev–Trinajstić information content (AvgIpc) is 2.74. The molecule has 2 aromatic carbocycles. The van der Waals surface area contributed by atoms with Crippen molar-refractivity contribution in [3.05, 3.63) is 65.7 Å². The minimum Gasteiger partial charge on any atom is -0.267 e. The van der Waals surface area contributed by atoms with E-state index in [1.54, 1.807) is 54.6 Å². The molecule has 1 aliphatic heterocycles. The van der Waals surface area contributed by atoms with E-state index in [1.807, 2.05) is 0 Å². The van der Waals surface area contributed by atoms with Gasteiger partial charge in [-0.05, 0) is 24.3 Å². The standard InChI is InChI=1S/C14H10N2O3S/c17-13-11-8-4-5-9-12(11)14(18)16(13)15-20(19)10-6-2-1-3-7-10/h1-9,15H. The Labute approximate surface area is 117 Å². The van der Waals surface area contributed by atoms with Gasteiger partial charge in [0.25, 0.3) is 11.8 Å². The highest BCUT2D eigenvalue weighted by atomic mass is 32.2. The molecule has 0 spiro atoms. The third-order valence-corrected chi connectivity index (χ3v) is 3.97. The Morgan fingerprint density at radius 2 is 1.30 bits per heavy atom. The van der Waals surface area contributed by atoms with E-state index in [4.69, 9.17) is 0 Å². The Morgan fingerprint density at radius 1 is 0.800 bits per heavy atom. The van der Waals surface area contributed by atoms with Crippen LogP contribution in [-0.4, -0.2) is 21.0 Å². The quantitative estimate of drug-likeness (QED) is 0.870. The highest BCUT2D eigenvalue weighted by Gasteiger charge is 2.36. The molecule has 0 saturated heterocycles. The van der Waals surface area contributed by atoms with Crippen LogP contribution in [0, 0.1) is 0 Å². The number of nitrogens with zero attached hydrogens (tertiary/aromatic N) is 1. The van der Waals surface area contributed by atoms with Gasteiger partial charge in [-0.25, -0.2) is 4.21 Å². The second-order valence-electron chi connectivity index (χ2n) is 4.16. The monoisotopic (exact) mass is 286 g/mol. The van der Waals surface area contributed by atoms with Crippen molar-refractivity contribution in [2.75, 3.05) is 0 Å². The smallest absolute Gasteiger partial charge is 0.267 e. The summed E-state index contributed by atoms with van der Waals surface area (Å²) in [7, 11) is -1.67. The van der Waals surface area contributed by atoms with Crippen molar-refractivity contribution in [1.82, 2.24) is 9.84 Å². The van der Waals surface area contributed by atoms with E-state index in [-0.39, 0.29) is 0 Å². The molecule has 0 radical (unpaired) electrons. The number of carbonyl (C=O) groups excluding carboxylic acids is 2. The topological polar surface area (TPSA) is 66.5 Å². The van der Waals surface area contributed by atoms with E-state index in [1.165, 1.54) is 0 Å². The van der Waals surface area contributed by atoms with Gasteiger partial charge >= 0.3 is 0 Å². The number of imide groups is 1. The van der Waals surface area contributed by atoms with Gasteiger partial charge in [-0.15, -0.1) is 4.83 Å². The largest absolute Gasteiger partial charge is 0.276 e. The van der Waals surface area contributed by atoms with E-state index in [9.17, 15) is 13.8 Å². The van der Waals surface area contributed by atoms with Crippen molar-refractivity contribution in [3.8, 4) is 0 Å². The number of rotatable bonds is 3. The molecule has 6 heteroatoms. The van der Waals surface area contributed by atoms with Gasteiger partial charge in [0, 0.05) is 0 Å². The molecular formula is C14H10N2O3S. The minimum atomic E-state index is -1.67. The van der Waals surface area contributed by atoms with Gasteiger partial charge in [0.05, 0.1) is 16.0 Å². The lowest BCUT2D eigenvalue weighted by Crippen LogP contribution is -2.43. The molecular weight excluding hydrogens is 276 g/mol. The molecule has 0 aliphatic carbocycles. The van der Waals surface area contributed by atoms with Crippen LogP contribution in [0.25, 0.3) is 0 Å². The first-order valence-electron chi connectivity index (χ1n) is 5.89. The van der Waals surface area contributed by atoms with Crippen LogP contribution < -0.4 is 4.83 Å². The summed E-state index contributed by atoms with van der Waals surface area (Å²) in [6, 6.07) is 15.1. The van der Waals surface area contributed by atoms with Crippen molar-refractivity contribution >= 4 is 22.8 Å². The Hall–Kier alpha value is -2.31. The van der Waals surface area contributed by atoms with Gasteiger partial charge in [-0.3, -0.25) is 9.59 Å². The van der Waals surface area contributed by atoms with E-state index >= 15 is 0 Å². The van der Waals surface area contributed by atoms with Gasteiger partial charge in [-0.2, -0.15) is 5.01 Å². The second kappa shape index (κ2) is 4.99. The highest BCUT2D eigenvalue weighted by Crippen LogP contribution is 2.21. The summed E-state index contributed by atoms with van der Waals surface area (Å²) < 4.78 is 12.1. The van der Waals surface area contributed by atoms with Crippen molar-refractivity contribution in [2.24, 2.45) is 0 Å². The minimum absolute atomic E-state index is 0.315. The number of hydrogen-bond donors (Lipinski definition) is 1. The molecule has 20 heavy (non-hydrogen) atoms. The van der Waals surface area contributed by atoms with Gasteiger partial charge in [-0.1, -0.05) is 30.3 Å². The van der Waals surface area contributed by atoms with Crippen LogP contribution in [0.1, 0.15) is 20.7 Å². The van der Waals surface area contributed by atoms with Crippen LogP contribution in [0.3, 0.4) is 0 Å². The Morgan fingerprint density at radius 3 is 1.85 bits per heavy atom. The summed E-state index contributed by atoms with van der Waals surface area (Å²) in [6.45, 7) is 0. The summed E-state index contributed by atoms with van der Waals surface area (Å²) >= 11 is 0. The summed E-state index contributed by atoms with van der Waals surface area (Å²) in [4.78, 5) is 27.1. The second-order valence-corrected chi connectivity index (χ2v) is 5.36. The predicted octanol–water partition coefficient (Wildman–Crippen LogP) is 1.51. The fourth-order valence-electron chi connectivity index (χ4n) is 1.95. The highest BCUT2D eigenvalue weighted by molar-refractivity contribution is 7.83. The molecule has 5 nitrogen and oxygen atoms in total. The van der Waals surface area contributed by atoms with E-state index < -0.39 is 22.8 Å². The molecule has 1 atom stereocenters. The molecule has 1 aliphatic rings. The number of amides is 2. The summed E-state index contributed by atoms with van der Waals surface area (Å²) in [5.41, 5.74) is 0.630. The molecule has 1 N–H and O–H groups in total. The number of hydrazine groups is 1. The SMILES string of the molecule is O=C1c2ccccc2C(=O)N1NS(=O)c1ccccc1. The van der Waals surface area contributed by atoms with Crippen molar-refractivity contribution in [1.29, 1.82) is 0 Å². The molecule has 0 bridgehead atoms. The Balaban J connectivity index is 1.86. The molecule has 0 saturated carbocycles. The zero-order valence-electron chi connectivity index (χ0n) is 10.3. The normalized spacial score (nSPS) is 15.3. The first-order valence-corrected chi connectivity index (χ1v) is 7.04. The van der Waals surface area contributed by atoms with Gasteiger partial charge in [0.2, 0.25) is 0 Å². The lowest BCUT2D eigenvalue weighted by molar-refractivity contribution is 0.0622. The number of hydrogen-bond acceptors (Lipinski definition) is 3. The number of nitrogens with one attached hydrogen (secondary N) is 1. The summed E-state index contributed by atoms with van der Waals surface area (Å²) in [5, 5.41) is 0.799. The van der Waals surface area contributed by atoms with Crippen molar-refractivity contribution in [2.45, 2.75) is 4.90 Å². The zero-order chi connectivity index (χ0) is 14.1. The van der Waals surface area contributed by atoms with Gasteiger partial charge in [0.15, 0.2) is 0 Å². The van der Waals surface area contributed by atoms with E-state index in [2.05, 4.69) is 4.83 Å². The lowest BCUT2D eigenvalue weighted by atomic mass is 10.1. The van der Waals surface area contributed by atoms with Crippen LogP contribution in [0.2, 0.25) is 0 Å². The first kappa shape index (κ1) is 12.7. The zero-order valence-corrected chi connectivity index (χ0v) is 11.1. The van der Waals surface area contributed by atoms with Crippen molar-refractivity contribution < 1.29 is 13.8 Å². The van der Waals surface area contributed by atoms with Gasteiger partial charge < -0.3 is 0 Å². The Kier molecular flexibility index (Phi) is 3.17. The first-order chi connectivity index (χ1) is 9.68. The lowest BCUT2D eigenvalue weighted by Gasteiger charge is -2.14. The average molecular weight is 286 g/mol. The number of benzene rings is 2. The van der Waals surface area contributed by atoms with E-state index in [0.717, 1.165) is 5.01 Å². The maximum atomic E-state index is 12.1. The molecule has 3 rings (SSSR count). The molecule has 100 valence electrons. The van der Waals surface area contributed by atoms with Crippen LogP contribution in [0.5, 0.6) is 0 Å². The summed E-state index contributed by atoms with van der Waals surface area (Å²) in [6.07, 6.45) is 0. The number of fused-ring (bicyclic) bond motifs is 1. The Bertz CT molecular complexity index is 680. The van der Waals surface area contributed by atoms with Crippen molar-refractivity contribution in [3.63, 3.8) is 0 Å². The van der Waals surface area contributed by atoms with Crippen LogP contribution >= 0.6 is 0 Å².